The summed E-state index contributed by atoms with van der Waals surface area (Å²) in [4.78, 5) is 24.0. The number of carbonyl (C=O) groups is 2. The van der Waals surface area contributed by atoms with Crippen molar-refractivity contribution in [1.82, 2.24) is 0 Å². The average molecular weight is 911 g/mol. The van der Waals surface area contributed by atoms with E-state index in [0.29, 0.717) is 58.8 Å². The van der Waals surface area contributed by atoms with Gasteiger partial charge in [0.15, 0.2) is 0 Å². The number of hydrogen-bond donors (Lipinski definition) is 2. The molecule has 6 aliphatic rings. The molecule has 65 heavy (non-hydrogen) atoms. The monoisotopic (exact) mass is 911 g/mol. The van der Waals surface area contributed by atoms with Crippen LogP contribution in [0.1, 0.15) is 216 Å². The largest absolute Gasteiger partial charge is 0.508 e. The molecule has 2 N–H and O–H groups in total. The van der Waals surface area contributed by atoms with Crippen LogP contribution in [0.4, 0.5) is 0 Å². The lowest BCUT2D eigenvalue weighted by Crippen LogP contribution is -2.48. The summed E-state index contributed by atoms with van der Waals surface area (Å²) in [6, 6.07) is 12.3. The van der Waals surface area contributed by atoms with Gasteiger partial charge in [0, 0.05) is 24.7 Å². The van der Waals surface area contributed by atoms with Crippen molar-refractivity contribution in [3.05, 3.63) is 58.7 Å². The number of esters is 2. The molecule has 4 saturated carbocycles. The Labute approximate surface area is 398 Å². The van der Waals surface area contributed by atoms with Crippen molar-refractivity contribution in [1.29, 1.82) is 0 Å². The third kappa shape index (κ3) is 11.1. The van der Waals surface area contributed by atoms with E-state index in [2.05, 4.69) is 49.9 Å². The standard InChI is InChI=1S/C58H86O6S/c1-39(59)63-53-27-25-51-55-41(35-43-37-45(61)21-23-47(43)49(55)29-31-57(51,53)3)19-15-11-7-5-9-13-17-33-65-34-18-14-10-6-8-12-16-20-42-36-44-38-46(62)22-24-48(44)50-30-32-58(4)52(56(42)50)26-28-54(58)64-40(2)60/h21-24,37-38,41-42,49-56,61-62H,5-20,25-36H2,1-4H3/t41-,42-,49?,50?,51?,52?,53+,54+,55?,56?,57+,58+/m1/s1. The van der Waals surface area contributed by atoms with Gasteiger partial charge in [-0.15, -0.1) is 0 Å². The number of phenolic OH excluding ortho intramolecular Hbond substituents is 2. The lowest BCUT2D eigenvalue weighted by atomic mass is 9.52. The van der Waals surface area contributed by atoms with Crippen LogP contribution >= 0.6 is 11.8 Å². The molecular weight excluding hydrogens is 825 g/mol. The number of fused-ring (bicyclic) bond motifs is 10. The predicted octanol–water partition coefficient (Wildman–Crippen LogP) is 14.8. The highest BCUT2D eigenvalue weighted by atomic mass is 32.2. The predicted molar refractivity (Wildman–Crippen MR) is 265 cm³/mol. The number of rotatable bonds is 22. The van der Waals surface area contributed by atoms with E-state index in [-0.39, 0.29) is 35.0 Å². The molecule has 0 saturated heterocycles. The maximum absolute atomic E-state index is 12.0. The molecule has 4 fully saturated rings. The fourth-order valence-electron chi connectivity index (χ4n) is 15.9. The Bertz CT molecular complexity index is 1760. The lowest BCUT2D eigenvalue weighted by Gasteiger charge is -2.53. The average Bonchev–Trinajstić information content (AvgIpc) is 3.78. The number of carbonyl (C=O) groups excluding carboxylic acids is 2. The third-order valence-corrected chi connectivity index (χ3v) is 20.1. The van der Waals surface area contributed by atoms with Gasteiger partial charge in [-0.2, -0.15) is 11.8 Å². The number of benzene rings is 2. The van der Waals surface area contributed by atoms with E-state index in [0.717, 1.165) is 38.5 Å². The summed E-state index contributed by atoms with van der Waals surface area (Å²) in [5.74, 6) is 8.19. The van der Waals surface area contributed by atoms with Crippen molar-refractivity contribution in [2.75, 3.05) is 11.5 Å². The van der Waals surface area contributed by atoms with Crippen molar-refractivity contribution in [3.63, 3.8) is 0 Å². The van der Waals surface area contributed by atoms with Crippen LogP contribution in [0.15, 0.2) is 36.4 Å². The molecule has 12 atom stereocenters. The number of ether oxygens (including phenoxy) is 2. The molecule has 0 radical (unpaired) electrons. The number of thioether (sulfide) groups is 1. The molecule has 2 aromatic rings. The molecule has 0 spiro atoms. The lowest BCUT2D eigenvalue weighted by molar-refractivity contribution is -0.156. The second-order valence-electron chi connectivity index (χ2n) is 22.9. The van der Waals surface area contributed by atoms with E-state index >= 15 is 0 Å². The van der Waals surface area contributed by atoms with Crippen LogP contribution in [0.25, 0.3) is 0 Å². The van der Waals surface area contributed by atoms with Crippen LogP contribution in [-0.4, -0.2) is 45.9 Å². The van der Waals surface area contributed by atoms with Gasteiger partial charge >= 0.3 is 11.9 Å². The smallest absolute Gasteiger partial charge is 0.302 e. The molecule has 0 amide bonds. The Hall–Kier alpha value is -2.67. The van der Waals surface area contributed by atoms with E-state index in [1.54, 1.807) is 13.8 Å². The van der Waals surface area contributed by atoms with E-state index in [1.807, 2.05) is 12.1 Å². The van der Waals surface area contributed by atoms with Gasteiger partial charge in [-0.25, -0.2) is 0 Å². The van der Waals surface area contributed by atoms with Crippen molar-refractivity contribution in [2.24, 2.45) is 46.3 Å². The first-order chi connectivity index (χ1) is 31.5. The zero-order valence-corrected chi connectivity index (χ0v) is 41.8. The minimum Gasteiger partial charge on any atom is -0.508 e. The molecule has 0 aliphatic heterocycles. The maximum Gasteiger partial charge on any atom is 0.302 e. The Morgan fingerprint density at radius 2 is 0.938 bits per heavy atom. The third-order valence-electron chi connectivity index (χ3n) is 18.9. The minimum atomic E-state index is -0.126. The highest BCUT2D eigenvalue weighted by Gasteiger charge is 2.59. The van der Waals surface area contributed by atoms with Gasteiger partial charge in [0.05, 0.1) is 0 Å². The quantitative estimate of drug-likeness (QED) is 0.0898. The normalized spacial score (nSPS) is 33.2. The van der Waals surface area contributed by atoms with Gasteiger partial charge < -0.3 is 19.7 Å². The van der Waals surface area contributed by atoms with Crippen molar-refractivity contribution < 1.29 is 29.3 Å². The fourth-order valence-corrected chi connectivity index (χ4v) is 16.9. The molecule has 2 aromatic carbocycles. The second-order valence-corrected chi connectivity index (χ2v) is 24.1. The van der Waals surface area contributed by atoms with Gasteiger partial charge in [0.2, 0.25) is 0 Å². The van der Waals surface area contributed by atoms with E-state index < -0.39 is 0 Å². The zero-order valence-electron chi connectivity index (χ0n) is 41.0. The Kier molecular flexibility index (Phi) is 16.6. The van der Waals surface area contributed by atoms with Crippen LogP contribution < -0.4 is 0 Å². The van der Waals surface area contributed by atoms with Crippen LogP contribution in [0, 0.1) is 46.3 Å². The summed E-state index contributed by atoms with van der Waals surface area (Å²) in [7, 11) is 0. The van der Waals surface area contributed by atoms with Crippen LogP contribution in [0.3, 0.4) is 0 Å². The Balaban J connectivity index is 0.660. The molecule has 360 valence electrons. The first-order valence-electron chi connectivity index (χ1n) is 27.0. The molecule has 0 heterocycles. The molecule has 8 rings (SSSR count). The first-order valence-corrected chi connectivity index (χ1v) is 28.2. The molecule has 6 aliphatic carbocycles. The molecule has 0 aromatic heterocycles. The van der Waals surface area contributed by atoms with Crippen molar-refractivity contribution in [2.45, 2.75) is 219 Å². The number of aromatic hydroxyl groups is 2. The number of unbranched alkanes of at least 4 members (excludes halogenated alkanes) is 12. The molecule has 6 unspecified atom stereocenters. The van der Waals surface area contributed by atoms with Crippen molar-refractivity contribution >= 4 is 23.7 Å². The fraction of sp³-hybridized carbons (Fsp3) is 0.759. The summed E-state index contributed by atoms with van der Waals surface area (Å²) >= 11 is 2.18. The molecule has 7 heteroatoms. The summed E-state index contributed by atoms with van der Waals surface area (Å²) in [5, 5.41) is 20.7. The second kappa shape index (κ2) is 22.2. The summed E-state index contributed by atoms with van der Waals surface area (Å²) in [6.45, 7) is 8.00. The minimum absolute atomic E-state index is 0.0661. The summed E-state index contributed by atoms with van der Waals surface area (Å²) in [6.07, 6.45) is 32.7. The molecular formula is C58H86O6S. The highest BCUT2D eigenvalue weighted by Crippen LogP contribution is 2.65. The van der Waals surface area contributed by atoms with E-state index in [4.69, 9.17) is 9.47 Å². The molecule has 6 nitrogen and oxygen atoms in total. The number of phenols is 2. The van der Waals surface area contributed by atoms with Crippen LogP contribution in [0.2, 0.25) is 0 Å². The highest BCUT2D eigenvalue weighted by molar-refractivity contribution is 7.99. The van der Waals surface area contributed by atoms with E-state index in [1.165, 1.54) is 162 Å². The van der Waals surface area contributed by atoms with Crippen LogP contribution in [-0.2, 0) is 31.9 Å². The Morgan fingerprint density at radius 3 is 1.34 bits per heavy atom. The summed E-state index contributed by atoms with van der Waals surface area (Å²) < 4.78 is 11.9. The SMILES string of the molecule is CC(=O)O[C@H]1CCC2C3C(CC[C@@]21C)c1ccc(O)cc1C[C@H]3CCCCCCCCCSCCCCCCCCC[C@@H]1Cc2cc(O)ccc2C2CC[C@@]3(C)C(CC[C@@H]3OC(C)=O)C21. The van der Waals surface area contributed by atoms with Crippen molar-refractivity contribution in [3.8, 4) is 11.5 Å². The zero-order chi connectivity index (χ0) is 45.6. The molecule has 0 bridgehead atoms. The van der Waals surface area contributed by atoms with Crippen LogP contribution in [0.5, 0.6) is 11.5 Å². The van der Waals surface area contributed by atoms with Gasteiger partial charge in [0.1, 0.15) is 23.7 Å². The van der Waals surface area contributed by atoms with Gasteiger partial charge in [-0.3, -0.25) is 9.59 Å². The van der Waals surface area contributed by atoms with Gasteiger partial charge in [-0.05, 0) is 195 Å². The van der Waals surface area contributed by atoms with E-state index in [9.17, 15) is 19.8 Å². The Morgan fingerprint density at radius 1 is 0.554 bits per heavy atom. The van der Waals surface area contributed by atoms with Gasteiger partial charge in [-0.1, -0.05) is 103 Å². The van der Waals surface area contributed by atoms with Gasteiger partial charge in [0.25, 0.3) is 0 Å². The summed E-state index contributed by atoms with van der Waals surface area (Å²) in [5.41, 5.74) is 5.92. The topological polar surface area (TPSA) is 93.1 Å². The first kappa shape index (κ1) is 48.8. The number of hydrogen-bond acceptors (Lipinski definition) is 7. The maximum atomic E-state index is 12.0.